The third-order valence-corrected chi connectivity index (χ3v) is 4.15. The van der Waals surface area contributed by atoms with Gasteiger partial charge in [0.1, 0.15) is 0 Å². The molecule has 1 aromatic carbocycles. The van der Waals surface area contributed by atoms with Crippen LogP contribution in [-0.4, -0.2) is 21.3 Å². The fourth-order valence-electron chi connectivity index (χ4n) is 2.88. The molecule has 0 fully saturated rings. The summed E-state index contributed by atoms with van der Waals surface area (Å²) in [4.78, 5) is 15.0. The quantitative estimate of drug-likeness (QED) is 0.777. The summed E-state index contributed by atoms with van der Waals surface area (Å²) in [5.41, 5.74) is 2.89. The van der Waals surface area contributed by atoms with Crippen molar-refractivity contribution in [2.24, 2.45) is 0 Å². The first-order chi connectivity index (χ1) is 11.2. The van der Waals surface area contributed by atoms with Gasteiger partial charge in [-0.1, -0.05) is 19.1 Å². The van der Waals surface area contributed by atoms with Crippen molar-refractivity contribution in [1.82, 2.24) is 9.55 Å². The summed E-state index contributed by atoms with van der Waals surface area (Å²) in [5.74, 6) is 0. The van der Waals surface area contributed by atoms with Gasteiger partial charge in [-0.15, -0.1) is 0 Å². The van der Waals surface area contributed by atoms with Crippen LogP contribution in [0.1, 0.15) is 24.9 Å². The number of nitrogens with one attached hydrogen (secondary N) is 1. The van der Waals surface area contributed by atoms with E-state index in [1.165, 1.54) is 0 Å². The molecule has 0 aliphatic carbocycles. The first-order valence-corrected chi connectivity index (χ1v) is 7.53. The Labute approximate surface area is 133 Å². The van der Waals surface area contributed by atoms with E-state index in [1.54, 1.807) is 18.3 Å². The zero-order valence-corrected chi connectivity index (χ0v) is 12.8. The number of fused-ring (bicyclic) bond motifs is 1. The molecule has 5 heteroatoms. The van der Waals surface area contributed by atoms with Gasteiger partial charge in [0, 0.05) is 18.0 Å². The number of aliphatic hydroxyl groups excluding tert-OH is 1. The first-order valence-electron chi connectivity index (χ1n) is 7.53. The maximum Gasteiger partial charge on any atom is 0.258 e. The molecule has 1 unspecified atom stereocenters. The van der Waals surface area contributed by atoms with Crippen LogP contribution in [-0.2, 0) is 0 Å². The van der Waals surface area contributed by atoms with Crippen molar-refractivity contribution in [3.63, 3.8) is 0 Å². The third kappa shape index (κ3) is 2.54. The maximum absolute atomic E-state index is 12.3. The van der Waals surface area contributed by atoms with E-state index in [9.17, 15) is 9.90 Å². The lowest BCUT2D eigenvalue weighted by Gasteiger charge is -2.15. The van der Waals surface area contributed by atoms with Gasteiger partial charge in [0.25, 0.3) is 5.56 Å². The summed E-state index contributed by atoms with van der Waals surface area (Å²) in [7, 11) is 0. The van der Waals surface area contributed by atoms with Crippen LogP contribution < -0.4 is 5.56 Å². The van der Waals surface area contributed by atoms with Crippen LogP contribution in [0.4, 0.5) is 0 Å². The van der Waals surface area contributed by atoms with Crippen LogP contribution in [0.15, 0.2) is 47.5 Å². The summed E-state index contributed by atoms with van der Waals surface area (Å²) >= 11 is 0. The maximum atomic E-state index is 12.3. The molecule has 1 atom stereocenters. The number of aromatic nitrogens is 2. The third-order valence-electron chi connectivity index (χ3n) is 4.15. The molecule has 0 spiro atoms. The number of hydrogen-bond donors (Lipinski definition) is 2. The Kier molecular flexibility index (Phi) is 4.00. The second kappa shape index (κ2) is 6.11. The van der Waals surface area contributed by atoms with Gasteiger partial charge in [-0.3, -0.25) is 4.79 Å². The molecular formula is C18H17N3O2. The van der Waals surface area contributed by atoms with Gasteiger partial charge in [-0.25, -0.2) is 0 Å². The van der Waals surface area contributed by atoms with Crippen molar-refractivity contribution in [2.75, 3.05) is 6.61 Å². The minimum absolute atomic E-state index is 0.0138. The molecule has 116 valence electrons. The van der Waals surface area contributed by atoms with E-state index in [4.69, 9.17) is 5.26 Å². The van der Waals surface area contributed by atoms with E-state index in [-0.39, 0.29) is 18.2 Å². The molecule has 2 heterocycles. The van der Waals surface area contributed by atoms with Crippen LogP contribution in [0, 0.1) is 11.3 Å². The topological polar surface area (TPSA) is 81.8 Å². The summed E-state index contributed by atoms with van der Waals surface area (Å²) < 4.78 is 1.96. The smallest absolute Gasteiger partial charge is 0.258 e. The lowest BCUT2D eigenvalue weighted by Crippen LogP contribution is -2.12. The average molecular weight is 307 g/mol. The predicted molar refractivity (Wildman–Crippen MR) is 89.1 cm³/mol. The number of pyridine rings is 1. The molecule has 2 N–H and O–H groups in total. The monoisotopic (exact) mass is 307 g/mol. The summed E-state index contributed by atoms with van der Waals surface area (Å²) in [6, 6.07) is 11.0. The fraction of sp³-hybridized carbons (Fsp3) is 0.222. The predicted octanol–water partition coefficient (Wildman–Crippen LogP) is 2.81. The molecule has 0 aliphatic heterocycles. The van der Waals surface area contributed by atoms with Gasteiger partial charge >= 0.3 is 0 Å². The van der Waals surface area contributed by atoms with Gasteiger partial charge in [-0.2, -0.15) is 5.26 Å². The largest absolute Gasteiger partial charge is 0.394 e. The average Bonchev–Trinajstić information content (AvgIpc) is 2.97. The van der Waals surface area contributed by atoms with E-state index in [1.807, 2.05) is 35.9 Å². The van der Waals surface area contributed by atoms with Crippen molar-refractivity contribution in [3.8, 4) is 17.2 Å². The van der Waals surface area contributed by atoms with E-state index in [0.717, 1.165) is 23.1 Å². The molecule has 0 aliphatic rings. The number of rotatable bonds is 4. The highest BCUT2D eigenvalue weighted by atomic mass is 16.3. The minimum atomic E-state index is -0.159. The molecule has 2 aromatic heterocycles. The Bertz CT molecular complexity index is 926. The molecule has 0 saturated heterocycles. The van der Waals surface area contributed by atoms with Crippen molar-refractivity contribution in [3.05, 3.63) is 58.6 Å². The van der Waals surface area contributed by atoms with Crippen LogP contribution in [0.2, 0.25) is 0 Å². The highest BCUT2D eigenvalue weighted by molar-refractivity contribution is 5.95. The number of hydrogen-bond acceptors (Lipinski definition) is 3. The fourth-order valence-corrected chi connectivity index (χ4v) is 2.88. The van der Waals surface area contributed by atoms with Gasteiger partial charge in [-0.05, 0) is 30.2 Å². The Balaban J connectivity index is 2.28. The zero-order chi connectivity index (χ0) is 16.4. The van der Waals surface area contributed by atoms with Gasteiger partial charge in [0.05, 0.1) is 35.2 Å². The zero-order valence-electron chi connectivity index (χ0n) is 12.8. The van der Waals surface area contributed by atoms with E-state index >= 15 is 0 Å². The van der Waals surface area contributed by atoms with Crippen LogP contribution in [0.25, 0.3) is 22.0 Å². The Morgan fingerprint density at radius 1 is 1.30 bits per heavy atom. The van der Waals surface area contributed by atoms with Crippen LogP contribution in [0.5, 0.6) is 0 Å². The van der Waals surface area contributed by atoms with Gasteiger partial charge < -0.3 is 14.7 Å². The molecule has 0 amide bonds. The number of nitrogens with zero attached hydrogens (tertiary/aromatic N) is 2. The van der Waals surface area contributed by atoms with E-state index in [2.05, 4.69) is 11.1 Å². The SMILES string of the molecule is CCC(CO)n1cc(-c2ccc(C#N)cc2)c2c(=O)[nH]ccc21. The van der Waals surface area contributed by atoms with E-state index < -0.39 is 0 Å². The molecule has 0 radical (unpaired) electrons. The molecule has 3 aromatic rings. The molecule has 0 bridgehead atoms. The Morgan fingerprint density at radius 3 is 2.65 bits per heavy atom. The van der Waals surface area contributed by atoms with Gasteiger partial charge in [0.2, 0.25) is 0 Å². The van der Waals surface area contributed by atoms with E-state index in [0.29, 0.717) is 10.9 Å². The second-order valence-corrected chi connectivity index (χ2v) is 5.45. The summed E-state index contributed by atoms with van der Waals surface area (Å²) in [5, 5.41) is 19.1. The highest BCUT2D eigenvalue weighted by Gasteiger charge is 2.17. The normalized spacial score (nSPS) is 12.2. The Hall–Kier alpha value is -2.84. The molecule has 3 rings (SSSR count). The lowest BCUT2D eigenvalue weighted by molar-refractivity contribution is 0.227. The highest BCUT2D eigenvalue weighted by Crippen LogP contribution is 2.31. The van der Waals surface area contributed by atoms with Crippen molar-refractivity contribution < 1.29 is 5.11 Å². The molecule has 5 nitrogen and oxygen atoms in total. The number of aromatic amines is 1. The Morgan fingerprint density at radius 2 is 2.04 bits per heavy atom. The van der Waals surface area contributed by atoms with Crippen LogP contribution >= 0.6 is 0 Å². The molecule has 0 saturated carbocycles. The van der Waals surface area contributed by atoms with Crippen LogP contribution in [0.3, 0.4) is 0 Å². The number of benzene rings is 1. The van der Waals surface area contributed by atoms with Crippen molar-refractivity contribution >= 4 is 10.9 Å². The number of H-pyrrole nitrogens is 1. The number of aliphatic hydroxyl groups is 1. The standard InChI is InChI=1S/C18H17N3O2/c1-2-14(11-22)21-10-15(13-5-3-12(9-19)4-6-13)17-16(21)7-8-20-18(17)23/h3-8,10,14,22H,2,11H2,1H3,(H,20,23). The summed E-state index contributed by atoms with van der Waals surface area (Å²) in [6.07, 6.45) is 4.29. The van der Waals surface area contributed by atoms with Crippen molar-refractivity contribution in [2.45, 2.75) is 19.4 Å². The first kappa shape index (κ1) is 15.1. The van der Waals surface area contributed by atoms with Gasteiger partial charge in [0.15, 0.2) is 0 Å². The lowest BCUT2D eigenvalue weighted by atomic mass is 10.0. The van der Waals surface area contributed by atoms with Crippen molar-refractivity contribution in [1.29, 1.82) is 5.26 Å². The number of nitriles is 1. The minimum Gasteiger partial charge on any atom is -0.394 e. The summed E-state index contributed by atoms with van der Waals surface area (Å²) in [6.45, 7) is 2.02. The second-order valence-electron chi connectivity index (χ2n) is 5.45. The molecule has 23 heavy (non-hydrogen) atoms. The molecular weight excluding hydrogens is 290 g/mol.